The van der Waals surface area contributed by atoms with Crippen molar-refractivity contribution in [3.63, 3.8) is 0 Å². The number of alkyl carbamates (subject to hydrolysis) is 1. The number of hydrogen-bond acceptors (Lipinski definition) is 4. The first-order chi connectivity index (χ1) is 6.90. The largest absolute Gasteiger partial charge is 0.465 e. The molecule has 0 atom stereocenters. The molecule has 0 aromatic rings. The lowest BCUT2D eigenvalue weighted by molar-refractivity contribution is 0.115. The van der Waals surface area contributed by atoms with Gasteiger partial charge in [0.15, 0.2) is 0 Å². The first-order valence-corrected chi connectivity index (χ1v) is 4.43. The van der Waals surface area contributed by atoms with E-state index in [1.165, 1.54) is 0 Å². The van der Waals surface area contributed by atoms with Crippen molar-refractivity contribution < 1.29 is 24.5 Å². The van der Waals surface area contributed by atoms with Crippen LogP contribution in [0.3, 0.4) is 0 Å². The van der Waals surface area contributed by atoms with Crippen molar-refractivity contribution in [2.24, 2.45) is 5.73 Å². The van der Waals surface area contributed by atoms with Crippen LogP contribution in [0.4, 0.5) is 9.59 Å². The second-order valence-electron chi connectivity index (χ2n) is 2.80. The zero-order chi connectivity index (χ0) is 12.3. The van der Waals surface area contributed by atoms with Crippen molar-refractivity contribution in [1.82, 2.24) is 5.32 Å². The number of rotatable bonds is 4. The fourth-order valence-corrected chi connectivity index (χ4v) is 0.525. The number of carbonyl (C=O) groups excluding carboxylic acids is 1. The quantitative estimate of drug-likeness (QED) is 0.503. The van der Waals surface area contributed by atoms with Gasteiger partial charge >= 0.3 is 12.2 Å². The Hall–Kier alpha value is -1.50. The van der Waals surface area contributed by atoms with E-state index in [0.29, 0.717) is 13.0 Å². The summed E-state index contributed by atoms with van der Waals surface area (Å²) in [6, 6.07) is 0. The number of carboxylic acid groups (broad SMARTS) is 1. The molecule has 0 aromatic carbocycles. The highest BCUT2D eigenvalue weighted by molar-refractivity contribution is 5.67. The van der Waals surface area contributed by atoms with Crippen LogP contribution in [0.2, 0.25) is 0 Å². The molecule has 0 spiro atoms. The van der Waals surface area contributed by atoms with Crippen molar-refractivity contribution in [3.05, 3.63) is 0 Å². The molecule has 5 N–H and O–H groups in total. The molecule has 0 bridgehead atoms. The van der Waals surface area contributed by atoms with E-state index in [1.54, 1.807) is 13.8 Å². The summed E-state index contributed by atoms with van der Waals surface area (Å²) in [5.74, 6) is 0. The topological polar surface area (TPSA) is 122 Å². The van der Waals surface area contributed by atoms with Crippen molar-refractivity contribution in [2.75, 3.05) is 13.2 Å². The normalized spacial score (nSPS) is 8.80. The highest BCUT2D eigenvalue weighted by Crippen LogP contribution is 1.87. The van der Waals surface area contributed by atoms with Crippen LogP contribution < -0.4 is 11.1 Å². The Morgan fingerprint density at radius 2 is 1.93 bits per heavy atom. The van der Waals surface area contributed by atoms with Gasteiger partial charge in [-0.3, -0.25) is 0 Å². The molecule has 0 unspecified atom stereocenters. The number of aliphatic hydroxyl groups is 1. The maximum Gasteiger partial charge on any atom is 0.407 e. The summed E-state index contributed by atoms with van der Waals surface area (Å²) in [4.78, 5) is 19.5. The smallest absolute Gasteiger partial charge is 0.407 e. The fraction of sp³-hybridized carbons (Fsp3) is 0.750. The molecule has 0 rings (SSSR count). The van der Waals surface area contributed by atoms with E-state index in [4.69, 9.17) is 19.7 Å². The molecule has 0 saturated heterocycles. The number of ether oxygens (including phenoxy) is 1. The second kappa shape index (κ2) is 10.6. The van der Waals surface area contributed by atoms with Crippen LogP contribution in [0, 0.1) is 0 Å². The van der Waals surface area contributed by atoms with Crippen LogP contribution in [-0.2, 0) is 4.74 Å². The van der Waals surface area contributed by atoms with Gasteiger partial charge in [0.2, 0.25) is 0 Å². The van der Waals surface area contributed by atoms with Gasteiger partial charge in [0.1, 0.15) is 0 Å². The predicted octanol–water partition coefficient (Wildman–Crippen LogP) is 0.127. The lowest BCUT2D eigenvalue weighted by Gasteiger charge is -2.08. The molecule has 0 fully saturated rings. The number of nitrogens with two attached hydrogens (primary N) is 1. The average Bonchev–Trinajstić information content (AvgIpc) is 2.02. The van der Waals surface area contributed by atoms with Gasteiger partial charge in [-0.2, -0.15) is 0 Å². The molecule has 7 heteroatoms. The van der Waals surface area contributed by atoms with E-state index in [0.717, 1.165) is 0 Å². The van der Waals surface area contributed by atoms with Gasteiger partial charge < -0.3 is 26.0 Å². The summed E-state index contributed by atoms with van der Waals surface area (Å²) in [7, 11) is 0. The Bertz CT molecular complexity index is 180. The molecule has 90 valence electrons. The van der Waals surface area contributed by atoms with Crippen molar-refractivity contribution >= 4 is 12.2 Å². The van der Waals surface area contributed by atoms with E-state index in [9.17, 15) is 4.79 Å². The molecular formula is C8H18N2O5. The Kier molecular flexibility index (Phi) is 11.2. The van der Waals surface area contributed by atoms with E-state index < -0.39 is 12.2 Å². The molecule has 0 aliphatic heterocycles. The molecule has 15 heavy (non-hydrogen) atoms. The van der Waals surface area contributed by atoms with Gasteiger partial charge in [-0.05, 0) is 20.3 Å². The first-order valence-electron chi connectivity index (χ1n) is 4.43. The number of amides is 2. The third kappa shape index (κ3) is 24.5. The highest BCUT2D eigenvalue weighted by atomic mass is 16.6. The minimum absolute atomic E-state index is 0.0853. The van der Waals surface area contributed by atoms with Crippen molar-refractivity contribution in [2.45, 2.75) is 26.4 Å². The molecule has 2 amide bonds. The molecule has 0 aromatic heterocycles. The van der Waals surface area contributed by atoms with Crippen LogP contribution >= 0.6 is 0 Å². The van der Waals surface area contributed by atoms with Crippen LogP contribution in [0.15, 0.2) is 0 Å². The van der Waals surface area contributed by atoms with E-state index in [2.05, 4.69) is 11.1 Å². The second-order valence-corrected chi connectivity index (χ2v) is 2.80. The summed E-state index contributed by atoms with van der Waals surface area (Å²) in [6.45, 7) is 4.11. The number of hydrogen-bond donors (Lipinski definition) is 4. The molecule has 0 heterocycles. The zero-order valence-electron chi connectivity index (χ0n) is 8.90. The summed E-state index contributed by atoms with van der Waals surface area (Å²) in [5.41, 5.74) is 4.03. The Balaban J connectivity index is 0. The highest BCUT2D eigenvalue weighted by Gasteiger charge is 2.01. The number of aliphatic hydroxyl groups excluding tert-OH is 1. The van der Waals surface area contributed by atoms with Gasteiger partial charge in [0.05, 0.1) is 6.10 Å². The van der Waals surface area contributed by atoms with Gasteiger partial charge in [0.25, 0.3) is 0 Å². The Morgan fingerprint density at radius 1 is 1.47 bits per heavy atom. The van der Waals surface area contributed by atoms with Crippen molar-refractivity contribution in [1.29, 1.82) is 0 Å². The first kappa shape index (κ1) is 15.9. The lowest BCUT2D eigenvalue weighted by Crippen LogP contribution is -2.28. The summed E-state index contributed by atoms with van der Waals surface area (Å²) in [5, 5.41) is 18.1. The monoisotopic (exact) mass is 222 g/mol. The molecule has 0 saturated carbocycles. The maximum absolute atomic E-state index is 10.7. The van der Waals surface area contributed by atoms with Gasteiger partial charge in [-0.15, -0.1) is 0 Å². The average molecular weight is 222 g/mol. The van der Waals surface area contributed by atoms with E-state index >= 15 is 0 Å². The van der Waals surface area contributed by atoms with Gasteiger partial charge in [-0.1, -0.05) is 0 Å². The summed E-state index contributed by atoms with van der Waals surface area (Å²) >= 11 is 0. The van der Waals surface area contributed by atoms with Gasteiger partial charge in [0, 0.05) is 13.2 Å². The molecule has 0 aliphatic carbocycles. The van der Waals surface area contributed by atoms with E-state index in [-0.39, 0.29) is 12.7 Å². The third-order valence-electron chi connectivity index (χ3n) is 0.947. The SMILES string of the molecule is CC(C)OC(=O)NCCCO.NC(=O)O. The van der Waals surface area contributed by atoms with Crippen LogP contribution in [0.1, 0.15) is 20.3 Å². The summed E-state index contributed by atoms with van der Waals surface area (Å²) in [6.07, 6.45) is -1.29. The molecular weight excluding hydrogens is 204 g/mol. The maximum atomic E-state index is 10.7. The minimum Gasteiger partial charge on any atom is -0.465 e. The zero-order valence-corrected chi connectivity index (χ0v) is 8.90. The molecule has 7 nitrogen and oxygen atoms in total. The molecule has 0 radical (unpaired) electrons. The van der Waals surface area contributed by atoms with Crippen LogP contribution in [0.5, 0.6) is 0 Å². The third-order valence-corrected chi connectivity index (χ3v) is 0.947. The van der Waals surface area contributed by atoms with Crippen molar-refractivity contribution in [3.8, 4) is 0 Å². The fourth-order valence-electron chi connectivity index (χ4n) is 0.525. The van der Waals surface area contributed by atoms with Gasteiger partial charge in [-0.25, -0.2) is 9.59 Å². The van der Waals surface area contributed by atoms with Crippen LogP contribution in [0.25, 0.3) is 0 Å². The number of nitrogens with one attached hydrogen (secondary N) is 1. The molecule has 0 aliphatic rings. The standard InChI is InChI=1S/C7H15NO3.CH3NO2/c1-6(2)11-7(10)8-4-3-5-9;2-1(3)4/h6,9H,3-5H2,1-2H3,(H,8,10);2H2,(H,3,4). The minimum atomic E-state index is -1.33. The lowest BCUT2D eigenvalue weighted by atomic mass is 10.4. The number of carbonyl (C=O) groups is 2. The number of primary amides is 1. The predicted molar refractivity (Wildman–Crippen MR) is 53.5 cm³/mol. The van der Waals surface area contributed by atoms with E-state index in [1.807, 2.05) is 0 Å². The Morgan fingerprint density at radius 3 is 2.27 bits per heavy atom. The Labute approximate surface area is 88.2 Å². The summed E-state index contributed by atoms with van der Waals surface area (Å²) < 4.78 is 4.77. The van der Waals surface area contributed by atoms with Crippen LogP contribution in [-0.4, -0.2) is 41.7 Å².